The molecular formula is C35H55NO6Sn. The van der Waals surface area contributed by atoms with Crippen LogP contribution in [-0.2, 0) is 32.0 Å². The summed E-state index contributed by atoms with van der Waals surface area (Å²) in [6.45, 7) is 12.5. The molecule has 0 fully saturated rings. The first-order chi connectivity index (χ1) is 20.6. The van der Waals surface area contributed by atoms with Crippen LogP contribution < -0.4 is 13.6 Å². The molecule has 2 aromatic carbocycles. The molecule has 240 valence electrons. The molecule has 0 spiro atoms. The van der Waals surface area contributed by atoms with Gasteiger partial charge in [0.15, 0.2) is 0 Å². The van der Waals surface area contributed by atoms with Gasteiger partial charge >= 0.3 is 265 Å². The third kappa shape index (κ3) is 13.1. The first-order valence-electron chi connectivity index (χ1n) is 16.0. The van der Waals surface area contributed by atoms with E-state index in [1.807, 2.05) is 42.5 Å². The van der Waals surface area contributed by atoms with Gasteiger partial charge in [0, 0.05) is 0 Å². The van der Waals surface area contributed by atoms with Crippen molar-refractivity contribution in [3.63, 3.8) is 0 Å². The van der Waals surface area contributed by atoms with E-state index in [1.165, 1.54) is 55.4 Å². The van der Waals surface area contributed by atoms with E-state index in [0.29, 0.717) is 6.42 Å². The second-order valence-corrected chi connectivity index (χ2v) is 25.6. The SMILES string of the molecule is CCC[CH2][Sn]([CH2]CCC)([CH2]CCC)[c]1cc(C[C@H](NC(=O)OC(C)(C)C)C(=O)OCc2ccccc2)ccc1OCOC. The van der Waals surface area contributed by atoms with Crippen molar-refractivity contribution in [3.8, 4) is 5.75 Å². The van der Waals surface area contributed by atoms with E-state index in [1.54, 1.807) is 27.9 Å². The number of amides is 1. The third-order valence-electron chi connectivity index (χ3n) is 7.61. The number of rotatable bonds is 19. The molecule has 0 heterocycles. The quantitative estimate of drug-likeness (QED) is 0.0910. The number of benzene rings is 2. The predicted molar refractivity (Wildman–Crippen MR) is 177 cm³/mol. The first-order valence-corrected chi connectivity index (χ1v) is 23.5. The molecule has 2 aromatic rings. The van der Waals surface area contributed by atoms with Crippen LogP contribution in [0.1, 0.15) is 91.2 Å². The van der Waals surface area contributed by atoms with E-state index >= 15 is 0 Å². The average molecular weight is 705 g/mol. The van der Waals surface area contributed by atoms with Gasteiger partial charge < -0.3 is 0 Å². The maximum absolute atomic E-state index is 13.4. The Labute approximate surface area is 264 Å². The van der Waals surface area contributed by atoms with E-state index in [4.69, 9.17) is 18.9 Å². The summed E-state index contributed by atoms with van der Waals surface area (Å²) < 4.78 is 27.9. The topological polar surface area (TPSA) is 83.1 Å². The standard InChI is InChI=1S/C23H28NO6.3C4H9.Sn/c1-23(2,3)30-22(26)24-20(21(25)28-15-18-8-6-5-7-9-18)14-17-10-12-19(13-11-17)29-16-27-4;3*1-3-4-2;/h5-12,20H,14-16H2,1-4H3,(H,24,26);3*1,3-4H2,2H3;/t20-;;;;/m0..../s1. The molecule has 1 atom stereocenters. The molecule has 0 aromatic heterocycles. The van der Waals surface area contributed by atoms with E-state index in [0.717, 1.165) is 16.9 Å². The first kappa shape index (κ1) is 36.9. The van der Waals surface area contributed by atoms with Crippen LogP contribution in [0.3, 0.4) is 0 Å². The van der Waals surface area contributed by atoms with Gasteiger partial charge in [-0.3, -0.25) is 0 Å². The van der Waals surface area contributed by atoms with Crippen LogP contribution in [0.4, 0.5) is 4.79 Å². The van der Waals surface area contributed by atoms with Gasteiger partial charge in [-0.05, 0) is 0 Å². The second-order valence-electron chi connectivity index (χ2n) is 12.5. The Morgan fingerprint density at radius 2 is 1.47 bits per heavy atom. The van der Waals surface area contributed by atoms with Crippen molar-refractivity contribution in [1.82, 2.24) is 5.32 Å². The van der Waals surface area contributed by atoms with Crippen LogP contribution in [0.25, 0.3) is 0 Å². The monoisotopic (exact) mass is 705 g/mol. The number of esters is 1. The van der Waals surface area contributed by atoms with Gasteiger partial charge in [0.05, 0.1) is 0 Å². The van der Waals surface area contributed by atoms with Gasteiger partial charge in [-0.25, -0.2) is 0 Å². The fraction of sp³-hybridized carbons (Fsp3) is 0.600. The minimum atomic E-state index is -2.95. The van der Waals surface area contributed by atoms with Crippen LogP contribution in [-0.4, -0.2) is 56.0 Å². The zero-order valence-electron chi connectivity index (χ0n) is 27.6. The normalized spacial score (nSPS) is 12.4. The average Bonchev–Trinajstić information content (AvgIpc) is 2.98. The summed E-state index contributed by atoms with van der Waals surface area (Å²) in [6.07, 6.45) is 6.79. The Kier molecular flexibility index (Phi) is 16.5. The molecule has 2 rings (SSSR count). The number of unbranched alkanes of at least 4 members (excludes halogenated alkanes) is 3. The fourth-order valence-electron chi connectivity index (χ4n) is 5.40. The zero-order valence-corrected chi connectivity index (χ0v) is 30.5. The summed E-state index contributed by atoms with van der Waals surface area (Å²) >= 11 is -2.95. The molecule has 0 radical (unpaired) electrons. The summed E-state index contributed by atoms with van der Waals surface area (Å²) in [4.78, 5) is 26.2. The van der Waals surface area contributed by atoms with Crippen molar-refractivity contribution in [2.24, 2.45) is 0 Å². The van der Waals surface area contributed by atoms with Crippen molar-refractivity contribution >= 4 is 34.0 Å². The molecule has 0 saturated heterocycles. The van der Waals surface area contributed by atoms with E-state index in [9.17, 15) is 9.59 Å². The summed E-state index contributed by atoms with van der Waals surface area (Å²) in [6, 6.07) is 15.0. The van der Waals surface area contributed by atoms with Crippen LogP contribution >= 0.6 is 0 Å². The van der Waals surface area contributed by atoms with Crippen molar-refractivity contribution in [2.45, 2.75) is 118 Å². The van der Waals surface area contributed by atoms with Crippen molar-refractivity contribution in [2.75, 3.05) is 13.9 Å². The number of alkyl carbamates (subject to hydrolysis) is 1. The van der Waals surface area contributed by atoms with Gasteiger partial charge in [-0.2, -0.15) is 0 Å². The van der Waals surface area contributed by atoms with Gasteiger partial charge in [0.25, 0.3) is 0 Å². The molecule has 0 aliphatic carbocycles. The van der Waals surface area contributed by atoms with Crippen LogP contribution in [0, 0.1) is 0 Å². The molecular weight excluding hydrogens is 649 g/mol. The van der Waals surface area contributed by atoms with Gasteiger partial charge in [-0.1, -0.05) is 0 Å². The summed E-state index contributed by atoms with van der Waals surface area (Å²) in [5, 5.41) is 2.80. The summed E-state index contributed by atoms with van der Waals surface area (Å²) in [5.41, 5.74) is 1.17. The summed E-state index contributed by atoms with van der Waals surface area (Å²) in [5.74, 6) is 0.418. The van der Waals surface area contributed by atoms with Crippen molar-refractivity contribution in [3.05, 3.63) is 59.7 Å². The Morgan fingerprint density at radius 1 is 0.860 bits per heavy atom. The molecule has 0 saturated carbocycles. The van der Waals surface area contributed by atoms with Gasteiger partial charge in [0.1, 0.15) is 0 Å². The Morgan fingerprint density at radius 3 is 2.00 bits per heavy atom. The Balaban J connectivity index is 2.50. The number of hydrogen-bond acceptors (Lipinski definition) is 6. The molecule has 0 aliphatic rings. The van der Waals surface area contributed by atoms with Crippen LogP contribution in [0.5, 0.6) is 5.75 Å². The van der Waals surface area contributed by atoms with E-state index < -0.39 is 42.1 Å². The molecule has 0 aliphatic heterocycles. The summed E-state index contributed by atoms with van der Waals surface area (Å²) in [7, 11) is 1.64. The molecule has 0 unspecified atom stereocenters. The molecule has 43 heavy (non-hydrogen) atoms. The van der Waals surface area contributed by atoms with Crippen LogP contribution in [0.15, 0.2) is 48.5 Å². The molecule has 8 heteroatoms. The second kappa shape index (κ2) is 19.2. The van der Waals surface area contributed by atoms with E-state index in [-0.39, 0.29) is 13.4 Å². The van der Waals surface area contributed by atoms with Crippen molar-refractivity contribution in [1.29, 1.82) is 0 Å². The Bertz CT molecular complexity index is 1080. The van der Waals surface area contributed by atoms with Crippen LogP contribution in [0.2, 0.25) is 13.3 Å². The zero-order chi connectivity index (χ0) is 31.7. The minimum absolute atomic E-state index is 0.131. The molecule has 0 bridgehead atoms. The predicted octanol–water partition coefficient (Wildman–Crippen LogP) is 7.90. The Hall–Kier alpha value is -2.26. The van der Waals surface area contributed by atoms with Crippen molar-refractivity contribution < 1.29 is 28.5 Å². The number of carbonyl (C=O) groups is 2. The van der Waals surface area contributed by atoms with Gasteiger partial charge in [0.2, 0.25) is 0 Å². The fourth-order valence-corrected chi connectivity index (χ4v) is 22.0. The molecule has 1 N–H and O–H groups in total. The molecule has 7 nitrogen and oxygen atoms in total. The van der Waals surface area contributed by atoms with E-state index in [2.05, 4.69) is 32.2 Å². The number of methoxy groups -OCH3 is 1. The number of carbonyl (C=O) groups excluding carboxylic acids is 2. The molecule has 1 amide bonds. The number of nitrogens with one attached hydrogen (secondary N) is 1. The number of hydrogen-bond donors (Lipinski definition) is 1. The maximum atomic E-state index is 13.4. The van der Waals surface area contributed by atoms with Gasteiger partial charge in [-0.15, -0.1) is 0 Å². The third-order valence-corrected chi connectivity index (χ3v) is 23.2. The number of ether oxygens (including phenoxy) is 4.